The van der Waals surface area contributed by atoms with Crippen molar-refractivity contribution in [2.45, 2.75) is 0 Å². The van der Waals surface area contributed by atoms with Crippen molar-refractivity contribution >= 4 is 30.6 Å². The van der Waals surface area contributed by atoms with Crippen LogP contribution in [0, 0.1) is 0 Å². The second kappa shape index (κ2) is 4.29. The Balaban J connectivity index is 0. The van der Waals surface area contributed by atoms with Crippen molar-refractivity contribution in [1.82, 2.24) is 9.89 Å². The largest absolute Gasteiger partial charge is 0.382 e. The SMILES string of the molecule is Cl.Cl.Nc1ccn(N)n1. The molecule has 0 unspecified atom stereocenters. The predicted octanol–water partition coefficient (Wildman–Crippen LogP) is 0.0227. The highest BCUT2D eigenvalue weighted by Crippen LogP contribution is 1.88. The summed E-state index contributed by atoms with van der Waals surface area (Å²) in [6, 6.07) is 1.62. The van der Waals surface area contributed by atoms with E-state index in [0.717, 1.165) is 4.79 Å². The number of rotatable bonds is 0. The monoisotopic (exact) mass is 170 g/mol. The van der Waals surface area contributed by atoms with Crippen molar-refractivity contribution in [1.29, 1.82) is 0 Å². The van der Waals surface area contributed by atoms with Crippen LogP contribution in [-0.4, -0.2) is 9.89 Å². The summed E-state index contributed by atoms with van der Waals surface area (Å²) in [5, 5.41) is 3.58. The first-order valence-corrected chi connectivity index (χ1v) is 1.85. The minimum atomic E-state index is 0. The first-order valence-electron chi connectivity index (χ1n) is 1.85. The molecule has 0 saturated heterocycles. The molecule has 0 saturated carbocycles. The van der Waals surface area contributed by atoms with Gasteiger partial charge in [-0.3, -0.25) is 0 Å². The third-order valence-corrected chi connectivity index (χ3v) is 0.629. The second-order valence-electron chi connectivity index (χ2n) is 1.22. The van der Waals surface area contributed by atoms with Gasteiger partial charge in [0.05, 0.1) is 6.20 Å². The lowest BCUT2D eigenvalue weighted by Gasteiger charge is -1.81. The van der Waals surface area contributed by atoms with Gasteiger partial charge in [0.25, 0.3) is 0 Å². The lowest BCUT2D eigenvalue weighted by Crippen LogP contribution is -2.08. The molecule has 0 amide bonds. The maximum absolute atomic E-state index is 5.17. The molecular formula is C3H8Cl2N4. The molecule has 0 aliphatic heterocycles. The summed E-state index contributed by atoms with van der Waals surface area (Å²) in [4.78, 5) is 1.16. The summed E-state index contributed by atoms with van der Waals surface area (Å²) < 4.78 is 0. The summed E-state index contributed by atoms with van der Waals surface area (Å²) in [6.45, 7) is 0. The molecule has 6 heteroatoms. The van der Waals surface area contributed by atoms with Crippen LogP contribution < -0.4 is 11.6 Å². The molecule has 54 valence electrons. The van der Waals surface area contributed by atoms with Crippen LogP contribution in [0.3, 0.4) is 0 Å². The van der Waals surface area contributed by atoms with Crippen LogP contribution >= 0.6 is 24.8 Å². The van der Waals surface area contributed by atoms with Crippen LogP contribution in [0.1, 0.15) is 0 Å². The molecule has 4 N–H and O–H groups in total. The highest BCUT2D eigenvalue weighted by molar-refractivity contribution is 5.85. The molecular weight excluding hydrogens is 163 g/mol. The smallest absolute Gasteiger partial charge is 0.147 e. The van der Waals surface area contributed by atoms with Gasteiger partial charge in [-0.25, -0.2) is 0 Å². The number of nitrogens with zero attached hydrogens (tertiary/aromatic N) is 2. The third-order valence-electron chi connectivity index (χ3n) is 0.629. The maximum atomic E-state index is 5.17. The van der Waals surface area contributed by atoms with Gasteiger partial charge in [-0.05, 0) is 0 Å². The molecule has 1 heterocycles. The Kier molecular flexibility index (Phi) is 5.34. The Labute approximate surface area is 65.0 Å². The van der Waals surface area contributed by atoms with Crippen LogP contribution in [0.4, 0.5) is 5.82 Å². The van der Waals surface area contributed by atoms with Gasteiger partial charge in [-0.1, -0.05) is 0 Å². The maximum Gasteiger partial charge on any atom is 0.147 e. The van der Waals surface area contributed by atoms with E-state index in [2.05, 4.69) is 5.10 Å². The highest BCUT2D eigenvalue weighted by atomic mass is 35.5. The van der Waals surface area contributed by atoms with Crippen molar-refractivity contribution in [3.63, 3.8) is 0 Å². The topological polar surface area (TPSA) is 69.9 Å². The molecule has 0 radical (unpaired) electrons. The van der Waals surface area contributed by atoms with Crippen molar-refractivity contribution in [2.75, 3.05) is 11.6 Å². The zero-order valence-corrected chi connectivity index (χ0v) is 6.15. The van der Waals surface area contributed by atoms with Crippen LogP contribution in [-0.2, 0) is 0 Å². The van der Waals surface area contributed by atoms with Gasteiger partial charge in [0.2, 0.25) is 0 Å². The van der Waals surface area contributed by atoms with Crippen LogP contribution in [0.2, 0.25) is 0 Å². The summed E-state index contributed by atoms with van der Waals surface area (Å²) in [6.07, 6.45) is 1.58. The first-order chi connectivity index (χ1) is 3.29. The molecule has 9 heavy (non-hydrogen) atoms. The summed E-state index contributed by atoms with van der Waals surface area (Å²) in [7, 11) is 0. The summed E-state index contributed by atoms with van der Waals surface area (Å²) >= 11 is 0. The van der Waals surface area contributed by atoms with Gasteiger partial charge in [0.1, 0.15) is 5.82 Å². The van der Waals surface area contributed by atoms with Crippen molar-refractivity contribution in [2.24, 2.45) is 0 Å². The number of nitrogens with two attached hydrogens (primary N) is 2. The molecule has 0 spiro atoms. The van der Waals surface area contributed by atoms with E-state index in [1.807, 2.05) is 0 Å². The van der Waals surface area contributed by atoms with E-state index < -0.39 is 0 Å². The number of halogens is 2. The number of hydrogen-bond donors (Lipinski definition) is 2. The van der Waals surface area contributed by atoms with E-state index in [9.17, 15) is 0 Å². The Morgan fingerprint density at radius 2 is 2.00 bits per heavy atom. The molecule has 0 aromatic carbocycles. The Morgan fingerprint density at radius 1 is 1.44 bits per heavy atom. The molecule has 0 aliphatic rings. The van der Waals surface area contributed by atoms with Crippen molar-refractivity contribution in [3.8, 4) is 0 Å². The van der Waals surface area contributed by atoms with E-state index >= 15 is 0 Å². The minimum Gasteiger partial charge on any atom is -0.382 e. The molecule has 0 fully saturated rings. The van der Waals surface area contributed by atoms with E-state index in [0.29, 0.717) is 5.82 Å². The van der Waals surface area contributed by atoms with Gasteiger partial charge in [0, 0.05) is 6.07 Å². The number of nitrogen functional groups attached to an aromatic ring is 2. The standard InChI is InChI=1S/C3H6N4.2ClH/c4-3-1-2-7(5)6-3;;/h1-2H,5H2,(H2,4,6);2*1H. The normalized spacial score (nSPS) is 7.11. The van der Waals surface area contributed by atoms with E-state index in [1.165, 1.54) is 0 Å². The van der Waals surface area contributed by atoms with Crippen molar-refractivity contribution < 1.29 is 0 Å². The predicted molar refractivity (Wildman–Crippen MR) is 41.3 cm³/mol. The highest BCUT2D eigenvalue weighted by Gasteiger charge is 1.83. The molecule has 0 atom stereocenters. The molecule has 1 aromatic rings. The van der Waals surface area contributed by atoms with Gasteiger partial charge in [-0.15, -0.1) is 29.9 Å². The molecule has 1 rings (SSSR count). The Bertz CT molecular complexity index is 146. The fraction of sp³-hybridized carbons (Fsp3) is 0. The number of hydrogen-bond acceptors (Lipinski definition) is 3. The van der Waals surface area contributed by atoms with Gasteiger partial charge in [-0.2, -0.15) is 4.79 Å². The quantitative estimate of drug-likeness (QED) is 0.540. The second-order valence-corrected chi connectivity index (χ2v) is 1.22. The zero-order valence-electron chi connectivity index (χ0n) is 4.52. The van der Waals surface area contributed by atoms with Gasteiger partial charge in [0.15, 0.2) is 0 Å². The van der Waals surface area contributed by atoms with Crippen molar-refractivity contribution in [3.05, 3.63) is 12.3 Å². The first kappa shape index (κ1) is 11.2. The molecule has 0 bridgehead atoms. The van der Waals surface area contributed by atoms with E-state index in [1.54, 1.807) is 12.3 Å². The lowest BCUT2D eigenvalue weighted by molar-refractivity contribution is 0.837. The fourth-order valence-corrected chi connectivity index (χ4v) is 0.353. The Morgan fingerprint density at radius 3 is 2.11 bits per heavy atom. The Hall–Kier alpha value is -0.610. The van der Waals surface area contributed by atoms with E-state index in [-0.39, 0.29) is 24.8 Å². The minimum absolute atomic E-state index is 0. The zero-order chi connectivity index (χ0) is 5.28. The number of anilines is 1. The molecule has 0 aliphatic carbocycles. The summed E-state index contributed by atoms with van der Waals surface area (Å²) in [5.74, 6) is 5.55. The summed E-state index contributed by atoms with van der Waals surface area (Å²) in [5.41, 5.74) is 5.17. The average Bonchev–Trinajstić information content (AvgIpc) is 1.87. The average molecular weight is 171 g/mol. The fourth-order valence-electron chi connectivity index (χ4n) is 0.353. The van der Waals surface area contributed by atoms with Gasteiger partial charge >= 0.3 is 0 Å². The number of aromatic nitrogens is 2. The molecule has 1 aromatic heterocycles. The lowest BCUT2D eigenvalue weighted by atomic mass is 10.7. The van der Waals surface area contributed by atoms with E-state index in [4.69, 9.17) is 11.6 Å². The van der Waals surface area contributed by atoms with Crippen LogP contribution in [0.5, 0.6) is 0 Å². The molecule has 4 nitrogen and oxygen atoms in total. The van der Waals surface area contributed by atoms with Crippen LogP contribution in [0.15, 0.2) is 12.3 Å². The van der Waals surface area contributed by atoms with Crippen LogP contribution in [0.25, 0.3) is 0 Å². The third kappa shape index (κ3) is 3.05. The van der Waals surface area contributed by atoms with Gasteiger partial charge < -0.3 is 11.6 Å².